The maximum absolute atomic E-state index is 13.4. The second-order valence-electron chi connectivity index (χ2n) is 8.73. The van der Waals surface area contributed by atoms with Gasteiger partial charge in [0.2, 0.25) is 10.0 Å². The third kappa shape index (κ3) is 3.46. The molecule has 32 heavy (non-hydrogen) atoms. The Morgan fingerprint density at radius 3 is 2.81 bits per heavy atom. The number of nitrogens with zero attached hydrogens (tertiary/aromatic N) is 6. The van der Waals surface area contributed by atoms with Gasteiger partial charge in [0, 0.05) is 33.8 Å². The van der Waals surface area contributed by atoms with Crippen LogP contribution in [-0.2, 0) is 10.0 Å². The molecule has 2 aliphatic heterocycles. The van der Waals surface area contributed by atoms with Crippen molar-refractivity contribution in [2.45, 2.75) is 56.1 Å². The lowest BCUT2D eigenvalue weighted by molar-refractivity contribution is 0.194. The van der Waals surface area contributed by atoms with Gasteiger partial charge in [-0.2, -0.15) is 9.78 Å². The van der Waals surface area contributed by atoms with Crippen LogP contribution in [0.25, 0.3) is 17.1 Å². The fourth-order valence-corrected chi connectivity index (χ4v) is 6.09. The third-order valence-electron chi connectivity index (χ3n) is 6.22. The Bertz CT molecular complexity index is 1370. The van der Waals surface area contributed by atoms with E-state index in [0.717, 1.165) is 12.8 Å². The van der Waals surface area contributed by atoms with Crippen LogP contribution in [0.4, 0.5) is 5.82 Å². The number of nitrogen functional groups attached to an aromatic ring is 1. The van der Waals surface area contributed by atoms with Gasteiger partial charge >= 0.3 is 0 Å². The fraction of sp³-hybridized carbons (Fsp3) is 0.429. The minimum Gasteiger partial charge on any atom is -0.381 e. The molecule has 1 saturated carbocycles. The van der Waals surface area contributed by atoms with Gasteiger partial charge in [-0.25, -0.2) is 28.1 Å². The zero-order valence-corrected chi connectivity index (χ0v) is 18.5. The van der Waals surface area contributed by atoms with E-state index in [9.17, 15) is 8.42 Å². The highest BCUT2D eigenvalue weighted by Gasteiger charge is 2.57. The molecule has 2 bridgehead atoms. The molecule has 168 valence electrons. The topological polar surface area (TPSA) is 132 Å². The molecule has 0 spiro atoms. The molecule has 3 aliphatic rings. The lowest BCUT2D eigenvalue weighted by Gasteiger charge is -2.38. The first-order valence-electron chi connectivity index (χ1n) is 11.8. The maximum Gasteiger partial charge on any atom is 0.241 e. The molecule has 3 fully saturated rings. The molecule has 0 amide bonds. The van der Waals surface area contributed by atoms with Gasteiger partial charge < -0.3 is 5.73 Å². The van der Waals surface area contributed by atoms with E-state index in [1.165, 1.54) is 41.7 Å². The quantitative estimate of drug-likeness (QED) is 0.569. The van der Waals surface area contributed by atoms with E-state index in [2.05, 4.69) is 43.5 Å². The maximum atomic E-state index is 13.4. The molecule has 2 aromatic heterocycles. The molecule has 2 saturated heterocycles. The van der Waals surface area contributed by atoms with Gasteiger partial charge in [0.05, 0.1) is 16.8 Å². The summed E-state index contributed by atoms with van der Waals surface area (Å²) in [6.45, 7) is 2.35. The summed E-state index contributed by atoms with van der Waals surface area (Å²) in [6.07, 6.45) is 5.52. The van der Waals surface area contributed by atoms with Gasteiger partial charge in [0.15, 0.2) is 11.6 Å². The summed E-state index contributed by atoms with van der Waals surface area (Å²) in [4.78, 5) is 14.7. The number of fused-ring (bicyclic) bond motifs is 1. The second-order valence-corrected chi connectivity index (χ2v) is 10.4. The average molecular weight is 458 g/mol. The fourth-order valence-electron chi connectivity index (χ4n) is 4.66. The van der Waals surface area contributed by atoms with Crippen molar-refractivity contribution in [1.29, 1.82) is 0 Å². The summed E-state index contributed by atoms with van der Waals surface area (Å²) in [5, 5.41) is 4.00. The van der Waals surface area contributed by atoms with Crippen molar-refractivity contribution in [3.05, 3.63) is 42.6 Å². The molecule has 1 aliphatic carbocycles. The highest BCUT2D eigenvalue weighted by Crippen LogP contribution is 2.46. The first kappa shape index (κ1) is 17.6. The van der Waals surface area contributed by atoms with Crippen molar-refractivity contribution in [2.24, 2.45) is 0 Å². The minimum atomic E-state index is -3.93. The number of sulfonamides is 1. The van der Waals surface area contributed by atoms with Crippen molar-refractivity contribution in [1.82, 2.24) is 34.4 Å². The van der Waals surface area contributed by atoms with Gasteiger partial charge in [-0.05, 0) is 51.2 Å². The van der Waals surface area contributed by atoms with E-state index in [1.54, 1.807) is 0 Å². The number of nitrogens with one attached hydrogen (secondary N) is 1. The molecule has 10 nitrogen and oxygen atoms in total. The van der Waals surface area contributed by atoms with Gasteiger partial charge in [-0.1, -0.05) is 6.07 Å². The zero-order chi connectivity index (χ0) is 25.2. The van der Waals surface area contributed by atoms with Crippen LogP contribution in [0, 0.1) is 6.85 Å². The first-order chi connectivity index (χ1) is 16.4. The molecular formula is C21H26N8O2S. The Hall–Kier alpha value is -2.89. The number of nitrogens with two attached hydrogens (primary N) is 1. The zero-order valence-electron chi connectivity index (χ0n) is 20.7. The molecule has 3 aromatic rings. The van der Waals surface area contributed by atoms with Crippen molar-refractivity contribution in [3.63, 3.8) is 0 Å². The number of anilines is 1. The smallest absolute Gasteiger partial charge is 0.241 e. The number of aromatic nitrogens is 5. The van der Waals surface area contributed by atoms with E-state index >= 15 is 0 Å². The number of rotatable bonds is 6. The highest BCUT2D eigenvalue weighted by molar-refractivity contribution is 7.89. The lowest BCUT2D eigenvalue weighted by atomic mass is 9.79. The molecular weight excluding hydrogens is 428 g/mol. The Balaban J connectivity index is 1.54. The largest absolute Gasteiger partial charge is 0.381 e. The van der Waals surface area contributed by atoms with Crippen LogP contribution in [0.3, 0.4) is 0 Å². The number of aryl methyl sites for hydroxylation is 1. The van der Waals surface area contributed by atoms with Gasteiger partial charge in [0.1, 0.15) is 12.7 Å². The van der Waals surface area contributed by atoms with Crippen LogP contribution in [0.1, 0.15) is 36.4 Å². The number of hydrogen-bond acceptors (Lipinski definition) is 8. The molecule has 0 atom stereocenters. The highest BCUT2D eigenvalue weighted by atomic mass is 32.2. The Kier molecular flexibility index (Phi) is 4.04. The lowest BCUT2D eigenvalue weighted by Crippen LogP contribution is -2.54. The van der Waals surface area contributed by atoms with E-state index in [0.29, 0.717) is 18.6 Å². The normalized spacial score (nSPS) is 24.7. The standard InChI is InChI=1S/C21H26N8O2S/c1-13(2)28-10-21(7-15(28)8-21)27-32(30,31)16-5-4-14(3)17(6-16)18-9-24-19(22)20(26-18)29-12-23-11-25-29/h4-6,9,11-13,15,27H,7-8,10H2,1-3H3,(H2,22,24)/i3D3. The van der Waals surface area contributed by atoms with Crippen molar-refractivity contribution in [2.75, 3.05) is 12.3 Å². The van der Waals surface area contributed by atoms with Crippen LogP contribution < -0.4 is 10.5 Å². The monoisotopic (exact) mass is 457 g/mol. The molecule has 0 radical (unpaired) electrons. The second kappa shape index (κ2) is 7.32. The molecule has 1 aromatic carbocycles. The van der Waals surface area contributed by atoms with Gasteiger partial charge in [0.25, 0.3) is 0 Å². The van der Waals surface area contributed by atoms with Crippen molar-refractivity contribution < 1.29 is 12.5 Å². The van der Waals surface area contributed by atoms with Crippen LogP contribution >= 0.6 is 0 Å². The van der Waals surface area contributed by atoms with Crippen molar-refractivity contribution >= 4 is 15.8 Å². The van der Waals surface area contributed by atoms with Crippen LogP contribution in [0.2, 0.25) is 0 Å². The summed E-state index contributed by atoms with van der Waals surface area (Å²) in [7, 11) is -3.93. The Morgan fingerprint density at radius 2 is 2.16 bits per heavy atom. The van der Waals surface area contributed by atoms with E-state index < -0.39 is 22.4 Å². The summed E-state index contributed by atoms with van der Waals surface area (Å²) in [6, 6.07) is 4.67. The summed E-state index contributed by atoms with van der Waals surface area (Å²) >= 11 is 0. The summed E-state index contributed by atoms with van der Waals surface area (Å²) < 4.78 is 54.9. The Morgan fingerprint density at radius 1 is 1.34 bits per heavy atom. The predicted octanol–water partition coefficient (Wildman–Crippen LogP) is 1.52. The van der Waals surface area contributed by atoms with E-state index in [1.807, 2.05) is 0 Å². The molecule has 11 heteroatoms. The van der Waals surface area contributed by atoms with Gasteiger partial charge in [-0.15, -0.1) is 0 Å². The summed E-state index contributed by atoms with van der Waals surface area (Å²) in [5.74, 6) is 0.219. The average Bonchev–Trinajstić information content (AvgIpc) is 3.48. The van der Waals surface area contributed by atoms with Crippen LogP contribution in [0.5, 0.6) is 0 Å². The van der Waals surface area contributed by atoms with Gasteiger partial charge in [-0.3, -0.25) is 4.90 Å². The number of hydrogen-bond donors (Lipinski definition) is 2. The summed E-state index contributed by atoms with van der Waals surface area (Å²) in [5.41, 5.74) is 5.67. The van der Waals surface area contributed by atoms with Crippen LogP contribution in [-0.4, -0.2) is 62.2 Å². The number of benzene rings is 1. The Labute approximate surface area is 191 Å². The third-order valence-corrected chi connectivity index (χ3v) is 7.79. The molecule has 0 unspecified atom stereocenters. The minimum absolute atomic E-state index is 0.0396. The molecule has 3 N–H and O–H groups in total. The molecule has 4 heterocycles. The van der Waals surface area contributed by atoms with Crippen molar-refractivity contribution in [3.8, 4) is 17.1 Å². The van der Waals surface area contributed by atoms with Crippen LogP contribution in [0.15, 0.2) is 41.9 Å². The van der Waals surface area contributed by atoms with E-state index in [4.69, 9.17) is 9.85 Å². The first-order valence-corrected chi connectivity index (χ1v) is 11.8. The predicted molar refractivity (Wildman–Crippen MR) is 119 cm³/mol. The molecule has 6 rings (SSSR count). The van der Waals surface area contributed by atoms with E-state index in [-0.39, 0.29) is 33.4 Å². The SMILES string of the molecule is [2H]C([2H])([2H])c1ccc(S(=O)(=O)NC23CC(C2)N(C(C)C)C3)cc1-c1cnc(N)c(-n2cncn2)n1.